The molecule has 1 unspecified atom stereocenters. The third kappa shape index (κ3) is 4.49. The van der Waals surface area contributed by atoms with E-state index in [0.717, 1.165) is 11.1 Å². The van der Waals surface area contributed by atoms with E-state index in [1.165, 1.54) is 16.0 Å². The number of aromatic nitrogens is 2. The predicted octanol–water partition coefficient (Wildman–Crippen LogP) is 5.06. The van der Waals surface area contributed by atoms with Crippen molar-refractivity contribution in [3.8, 4) is 5.69 Å². The van der Waals surface area contributed by atoms with Crippen molar-refractivity contribution in [3.05, 3.63) is 87.2 Å². The van der Waals surface area contributed by atoms with Gasteiger partial charge in [-0.05, 0) is 43.5 Å². The zero-order valence-electron chi connectivity index (χ0n) is 19.2. The lowest BCUT2D eigenvalue weighted by atomic mass is 9.96. The van der Waals surface area contributed by atoms with Crippen LogP contribution in [0.3, 0.4) is 0 Å². The third-order valence-corrected chi connectivity index (χ3v) is 6.43. The molecule has 1 atom stereocenters. The highest BCUT2D eigenvalue weighted by atomic mass is 32.1. The minimum Gasteiger partial charge on any atom is -0.461 e. The minimum absolute atomic E-state index is 0.0322. The van der Waals surface area contributed by atoms with E-state index >= 15 is 0 Å². The average molecular weight is 476 g/mol. The van der Waals surface area contributed by atoms with Crippen LogP contribution in [0.1, 0.15) is 47.8 Å². The predicted molar refractivity (Wildman–Crippen MR) is 134 cm³/mol. The molecule has 0 aliphatic heterocycles. The Morgan fingerprint density at radius 3 is 2.56 bits per heavy atom. The number of carbonyl (C=O) groups is 2. The number of rotatable bonds is 7. The number of anilines is 1. The molecule has 4 aromatic rings. The molecule has 0 saturated carbocycles. The monoisotopic (exact) mass is 475 g/mol. The molecule has 2 aromatic carbocycles. The fourth-order valence-electron chi connectivity index (χ4n) is 3.88. The number of benzene rings is 2. The molecular weight excluding hydrogens is 450 g/mol. The zero-order valence-corrected chi connectivity index (χ0v) is 20.0. The molecule has 0 fully saturated rings. The van der Waals surface area contributed by atoms with E-state index in [1.807, 2.05) is 62.4 Å². The van der Waals surface area contributed by atoms with Crippen LogP contribution in [0, 0.1) is 6.92 Å². The number of nitrogens with zero attached hydrogens (tertiary/aromatic N) is 2. The van der Waals surface area contributed by atoms with Crippen molar-refractivity contribution >= 4 is 39.0 Å². The molecule has 34 heavy (non-hydrogen) atoms. The second kappa shape index (κ2) is 10.0. The summed E-state index contributed by atoms with van der Waals surface area (Å²) in [6.45, 7) is 5.73. The number of fused-ring (bicyclic) bond motifs is 1. The Labute approximate surface area is 201 Å². The number of ether oxygens (including phenoxy) is 1. The van der Waals surface area contributed by atoms with Gasteiger partial charge < -0.3 is 10.1 Å². The number of hydrogen-bond acceptors (Lipinski definition) is 6. The van der Waals surface area contributed by atoms with Crippen molar-refractivity contribution < 1.29 is 14.3 Å². The van der Waals surface area contributed by atoms with Gasteiger partial charge >= 0.3 is 5.97 Å². The Morgan fingerprint density at radius 1 is 1.12 bits per heavy atom. The molecule has 0 aliphatic carbocycles. The molecule has 1 amide bonds. The first-order valence-electron chi connectivity index (χ1n) is 11.1. The van der Waals surface area contributed by atoms with Gasteiger partial charge in [0.15, 0.2) is 5.69 Å². The fourth-order valence-corrected chi connectivity index (χ4v) is 4.82. The lowest BCUT2D eigenvalue weighted by molar-refractivity contribution is -0.117. The number of hydrogen-bond donors (Lipinski definition) is 1. The Morgan fingerprint density at radius 2 is 1.88 bits per heavy atom. The van der Waals surface area contributed by atoms with Crippen molar-refractivity contribution in [2.75, 3.05) is 11.9 Å². The Hall–Kier alpha value is -3.78. The lowest BCUT2D eigenvalue weighted by Gasteiger charge is -2.15. The van der Waals surface area contributed by atoms with Crippen LogP contribution in [-0.2, 0) is 9.53 Å². The summed E-state index contributed by atoms with van der Waals surface area (Å²) in [5.41, 5.74) is 1.98. The van der Waals surface area contributed by atoms with E-state index in [9.17, 15) is 14.4 Å². The van der Waals surface area contributed by atoms with Gasteiger partial charge in [0.2, 0.25) is 5.91 Å². The van der Waals surface area contributed by atoms with Crippen molar-refractivity contribution in [1.29, 1.82) is 0 Å². The van der Waals surface area contributed by atoms with E-state index in [0.29, 0.717) is 22.5 Å². The van der Waals surface area contributed by atoms with E-state index in [1.54, 1.807) is 18.4 Å². The van der Waals surface area contributed by atoms with Crippen LogP contribution in [0.4, 0.5) is 5.00 Å². The SMILES string of the molecule is CCOC(=O)c1nn(-c2cccc(C)c2)c(=O)c2c(NC(=O)C(CC)c3ccccc3)scc12. The zero-order chi connectivity index (χ0) is 24.2. The molecule has 0 aliphatic rings. The third-order valence-electron chi connectivity index (χ3n) is 5.53. The molecule has 174 valence electrons. The molecule has 0 spiro atoms. The van der Waals surface area contributed by atoms with Crippen LogP contribution in [0.2, 0.25) is 0 Å². The van der Waals surface area contributed by atoms with Gasteiger partial charge in [0, 0.05) is 10.8 Å². The Kier molecular flexibility index (Phi) is 6.88. The summed E-state index contributed by atoms with van der Waals surface area (Å²) in [6.07, 6.45) is 0.600. The summed E-state index contributed by atoms with van der Waals surface area (Å²) < 4.78 is 6.39. The van der Waals surface area contributed by atoms with Gasteiger partial charge in [0.25, 0.3) is 5.56 Å². The second-order valence-electron chi connectivity index (χ2n) is 7.84. The topological polar surface area (TPSA) is 90.3 Å². The van der Waals surface area contributed by atoms with E-state index in [-0.39, 0.29) is 29.5 Å². The van der Waals surface area contributed by atoms with Crippen LogP contribution >= 0.6 is 11.3 Å². The van der Waals surface area contributed by atoms with Gasteiger partial charge in [-0.3, -0.25) is 9.59 Å². The lowest BCUT2D eigenvalue weighted by Crippen LogP contribution is -2.26. The normalized spacial score (nSPS) is 11.9. The highest BCUT2D eigenvalue weighted by Gasteiger charge is 2.25. The van der Waals surface area contributed by atoms with E-state index < -0.39 is 11.5 Å². The first kappa shape index (κ1) is 23.4. The molecular formula is C26H25N3O4S. The first-order valence-corrected chi connectivity index (χ1v) is 12.0. The molecule has 2 heterocycles. The number of thiophene rings is 1. The second-order valence-corrected chi connectivity index (χ2v) is 8.72. The quantitative estimate of drug-likeness (QED) is 0.377. The maximum Gasteiger partial charge on any atom is 0.359 e. The van der Waals surface area contributed by atoms with Gasteiger partial charge in [0.05, 0.1) is 23.6 Å². The number of nitrogens with one attached hydrogen (secondary N) is 1. The average Bonchev–Trinajstić information content (AvgIpc) is 3.24. The van der Waals surface area contributed by atoms with Crippen molar-refractivity contribution in [2.45, 2.75) is 33.1 Å². The summed E-state index contributed by atoms with van der Waals surface area (Å²) in [6, 6.07) is 16.8. The fraction of sp³-hybridized carbons (Fsp3) is 0.231. The van der Waals surface area contributed by atoms with Crippen molar-refractivity contribution in [1.82, 2.24) is 9.78 Å². The number of aryl methyl sites for hydroxylation is 1. The summed E-state index contributed by atoms with van der Waals surface area (Å²) >= 11 is 1.19. The molecule has 4 rings (SSSR count). The standard InChI is InChI=1S/C26H25N3O4S/c1-4-19(17-11-7-6-8-12-17)23(30)27-24-21-20(15-34-24)22(26(32)33-5-2)28-29(25(21)31)18-13-9-10-16(3)14-18/h6-15,19H,4-5H2,1-3H3,(H,27,30). The van der Waals surface area contributed by atoms with E-state index in [4.69, 9.17) is 4.74 Å². The molecule has 1 N–H and O–H groups in total. The highest BCUT2D eigenvalue weighted by molar-refractivity contribution is 7.16. The molecule has 8 heteroatoms. The minimum atomic E-state index is -0.625. The summed E-state index contributed by atoms with van der Waals surface area (Å²) in [7, 11) is 0. The van der Waals surface area contributed by atoms with Crippen molar-refractivity contribution in [2.24, 2.45) is 0 Å². The Balaban J connectivity index is 1.85. The number of amides is 1. The van der Waals surface area contributed by atoms with Crippen LogP contribution in [0.15, 0.2) is 64.8 Å². The summed E-state index contributed by atoms with van der Waals surface area (Å²) in [5.74, 6) is -1.21. The van der Waals surface area contributed by atoms with Gasteiger partial charge in [-0.15, -0.1) is 11.3 Å². The van der Waals surface area contributed by atoms with E-state index in [2.05, 4.69) is 10.4 Å². The van der Waals surface area contributed by atoms with Gasteiger partial charge in [-0.2, -0.15) is 9.78 Å². The van der Waals surface area contributed by atoms with Crippen molar-refractivity contribution in [3.63, 3.8) is 0 Å². The first-order chi connectivity index (χ1) is 16.4. The van der Waals surface area contributed by atoms with Crippen LogP contribution in [0.5, 0.6) is 0 Å². The Bertz CT molecular complexity index is 1410. The summed E-state index contributed by atoms with van der Waals surface area (Å²) in [5, 5.41) is 9.92. The number of carbonyl (C=O) groups excluding carboxylic acids is 2. The molecule has 2 aromatic heterocycles. The van der Waals surface area contributed by atoms with Crippen LogP contribution in [-0.4, -0.2) is 28.3 Å². The molecule has 0 saturated heterocycles. The van der Waals surface area contributed by atoms with Crippen LogP contribution < -0.4 is 10.9 Å². The largest absolute Gasteiger partial charge is 0.461 e. The molecule has 0 radical (unpaired) electrons. The smallest absolute Gasteiger partial charge is 0.359 e. The molecule has 7 nitrogen and oxygen atoms in total. The van der Waals surface area contributed by atoms with Gasteiger partial charge in [-0.25, -0.2) is 4.79 Å². The maximum absolute atomic E-state index is 13.5. The number of esters is 1. The maximum atomic E-state index is 13.5. The van der Waals surface area contributed by atoms with Gasteiger partial charge in [0.1, 0.15) is 5.00 Å². The highest BCUT2D eigenvalue weighted by Crippen LogP contribution is 2.32. The van der Waals surface area contributed by atoms with Gasteiger partial charge in [-0.1, -0.05) is 49.4 Å². The summed E-state index contributed by atoms with van der Waals surface area (Å²) in [4.78, 5) is 39.5. The molecule has 0 bridgehead atoms. The van der Waals surface area contributed by atoms with Crippen LogP contribution in [0.25, 0.3) is 16.5 Å².